The third kappa shape index (κ3) is 4.16. The van der Waals surface area contributed by atoms with Gasteiger partial charge in [-0.05, 0) is 31.5 Å². The molecule has 5 rings (SSSR count). The van der Waals surface area contributed by atoms with E-state index < -0.39 is 11.6 Å². The van der Waals surface area contributed by atoms with Gasteiger partial charge in [-0.3, -0.25) is 0 Å². The van der Waals surface area contributed by atoms with Gasteiger partial charge in [0.2, 0.25) is 5.88 Å². The van der Waals surface area contributed by atoms with E-state index in [-0.39, 0.29) is 28.7 Å². The molecule has 34 heavy (non-hydrogen) atoms. The zero-order chi connectivity index (χ0) is 23.7. The van der Waals surface area contributed by atoms with E-state index in [1.54, 1.807) is 6.08 Å². The summed E-state index contributed by atoms with van der Waals surface area (Å²) in [5, 5.41) is 3.12. The fraction of sp³-hybridized carbons (Fsp3) is 0.240. The zero-order valence-electron chi connectivity index (χ0n) is 18.4. The van der Waals surface area contributed by atoms with Crippen LogP contribution in [-0.2, 0) is 11.2 Å². The predicted octanol–water partition coefficient (Wildman–Crippen LogP) is 5.64. The van der Waals surface area contributed by atoms with Crippen LogP contribution in [0, 0.1) is 18.2 Å². The van der Waals surface area contributed by atoms with E-state index >= 15 is 4.39 Å². The predicted molar refractivity (Wildman–Crippen MR) is 125 cm³/mol. The number of rotatable bonds is 5. The van der Waals surface area contributed by atoms with Crippen molar-refractivity contribution in [2.24, 2.45) is 0 Å². The molecule has 1 aromatic heterocycles. The van der Waals surface area contributed by atoms with Gasteiger partial charge in [0.1, 0.15) is 18.0 Å². The molecule has 3 aromatic rings. The second-order valence-electron chi connectivity index (χ2n) is 8.09. The third-order valence-electron chi connectivity index (χ3n) is 5.76. The van der Waals surface area contributed by atoms with Gasteiger partial charge < -0.3 is 19.7 Å². The van der Waals surface area contributed by atoms with Gasteiger partial charge in [0.25, 0.3) is 5.69 Å². The van der Waals surface area contributed by atoms with Crippen molar-refractivity contribution in [3.63, 3.8) is 0 Å². The quantitative estimate of drug-likeness (QED) is 0.497. The molecule has 2 heterocycles. The summed E-state index contributed by atoms with van der Waals surface area (Å²) in [5.41, 5.74) is 3.03. The van der Waals surface area contributed by atoms with Crippen molar-refractivity contribution in [2.75, 3.05) is 36.5 Å². The summed E-state index contributed by atoms with van der Waals surface area (Å²) in [6.07, 6.45) is 3.17. The maximum atomic E-state index is 15.0. The van der Waals surface area contributed by atoms with E-state index in [2.05, 4.69) is 25.0 Å². The first-order chi connectivity index (χ1) is 16.5. The summed E-state index contributed by atoms with van der Waals surface area (Å²) >= 11 is 0. The van der Waals surface area contributed by atoms with Crippen LogP contribution in [0.5, 0.6) is 11.6 Å². The second kappa shape index (κ2) is 9.08. The number of nitrogens with one attached hydrogen (secondary N) is 1. The number of allylic oxidation sites excluding steroid dienone is 1. The lowest BCUT2D eigenvalue weighted by Crippen LogP contribution is -2.36. The van der Waals surface area contributed by atoms with Crippen molar-refractivity contribution >= 4 is 29.0 Å². The van der Waals surface area contributed by atoms with Crippen LogP contribution in [-0.4, -0.2) is 36.3 Å². The molecule has 1 aliphatic carbocycles. The maximum Gasteiger partial charge on any atom is 0.288 e. The largest absolute Gasteiger partial charge is 0.446 e. The highest BCUT2D eigenvalue weighted by molar-refractivity contribution is 5.77. The Labute approximate surface area is 195 Å². The fourth-order valence-corrected chi connectivity index (χ4v) is 4.11. The average Bonchev–Trinajstić information content (AvgIpc) is 3.26. The number of fused-ring (bicyclic) bond motifs is 1. The normalized spacial score (nSPS) is 14.9. The molecule has 0 bridgehead atoms. The van der Waals surface area contributed by atoms with Crippen molar-refractivity contribution < 1.29 is 18.3 Å². The number of hydrogen-bond acceptors (Lipinski definition) is 6. The molecular formula is C25H21F2N5O2. The molecule has 0 amide bonds. The highest BCUT2D eigenvalue weighted by Gasteiger charge is 2.24. The summed E-state index contributed by atoms with van der Waals surface area (Å²) < 4.78 is 40.6. The van der Waals surface area contributed by atoms with Crippen LogP contribution in [0.2, 0.25) is 0 Å². The van der Waals surface area contributed by atoms with Gasteiger partial charge in [-0.1, -0.05) is 17.7 Å². The van der Waals surface area contributed by atoms with Crippen LogP contribution < -0.4 is 15.0 Å². The molecule has 0 atom stereocenters. The van der Waals surface area contributed by atoms with Crippen LogP contribution in [0.3, 0.4) is 0 Å². The molecule has 7 nitrogen and oxygen atoms in total. The minimum absolute atomic E-state index is 0.0358. The molecule has 1 N–H and O–H groups in total. The third-order valence-corrected chi connectivity index (χ3v) is 5.76. The van der Waals surface area contributed by atoms with E-state index in [0.29, 0.717) is 30.9 Å². The van der Waals surface area contributed by atoms with Crippen LogP contribution in [0.1, 0.15) is 18.1 Å². The van der Waals surface area contributed by atoms with Gasteiger partial charge in [-0.15, -0.1) is 0 Å². The summed E-state index contributed by atoms with van der Waals surface area (Å²) in [6, 6.07) is 8.70. The Kier molecular flexibility index (Phi) is 5.82. The minimum Gasteiger partial charge on any atom is -0.446 e. The number of benzene rings is 2. The number of ether oxygens (including phenoxy) is 2. The molecule has 2 aromatic carbocycles. The highest BCUT2D eigenvalue weighted by atomic mass is 19.1. The van der Waals surface area contributed by atoms with Gasteiger partial charge in [0.05, 0.1) is 19.8 Å². The van der Waals surface area contributed by atoms with Crippen LogP contribution >= 0.6 is 0 Å². The molecule has 0 spiro atoms. The number of aromatic nitrogens is 2. The van der Waals surface area contributed by atoms with E-state index in [1.165, 1.54) is 6.33 Å². The summed E-state index contributed by atoms with van der Waals surface area (Å²) in [7, 11) is 0. The number of morpholine rings is 1. The average molecular weight is 461 g/mol. The number of nitrogens with zero attached hydrogens (tertiary/aromatic N) is 4. The minimum atomic E-state index is -0.685. The van der Waals surface area contributed by atoms with E-state index in [1.807, 2.05) is 31.2 Å². The van der Waals surface area contributed by atoms with Gasteiger partial charge in [0, 0.05) is 41.7 Å². The van der Waals surface area contributed by atoms with Crippen LogP contribution in [0.4, 0.5) is 31.7 Å². The zero-order valence-corrected chi connectivity index (χ0v) is 18.4. The standard InChI is InChI=1S/C25H21F2N5O2/c1-15-10-18-19(11-15)22(27)21(13-20(18)26)34-25-23(28-2)24(29-14-30-25)31-16-4-3-5-17(12-16)32-6-8-33-9-7-32/h3-5,11-14H,6-10H2,1H3,(H,29,30,31). The molecule has 1 saturated heterocycles. The molecule has 0 saturated carbocycles. The van der Waals surface area contributed by atoms with Crippen molar-refractivity contribution in [3.05, 3.63) is 76.4 Å². The Bertz CT molecular complexity index is 1330. The first kappa shape index (κ1) is 21.8. The lowest BCUT2D eigenvalue weighted by Gasteiger charge is -2.29. The number of anilines is 3. The van der Waals surface area contributed by atoms with Gasteiger partial charge in [-0.2, -0.15) is 0 Å². The van der Waals surface area contributed by atoms with Crippen LogP contribution in [0.25, 0.3) is 10.9 Å². The lowest BCUT2D eigenvalue weighted by molar-refractivity contribution is 0.122. The summed E-state index contributed by atoms with van der Waals surface area (Å²) in [4.78, 5) is 13.9. The van der Waals surface area contributed by atoms with E-state index in [9.17, 15) is 4.39 Å². The number of hydrogen-bond donors (Lipinski definition) is 1. The Balaban J connectivity index is 1.44. The molecule has 1 aliphatic heterocycles. The SMILES string of the molecule is [C-]#[N+]c1c(Nc2cccc(N3CCOCC3)c2)ncnc1Oc1cc(F)c2c(c1F)C=C(C)C2. The lowest BCUT2D eigenvalue weighted by atomic mass is 10.1. The molecule has 0 radical (unpaired) electrons. The smallest absolute Gasteiger partial charge is 0.288 e. The molecule has 0 unspecified atom stereocenters. The molecule has 172 valence electrons. The van der Waals surface area contributed by atoms with Crippen molar-refractivity contribution in [1.29, 1.82) is 0 Å². The Morgan fingerprint density at radius 2 is 2.00 bits per heavy atom. The highest BCUT2D eigenvalue weighted by Crippen LogP contribution is 2.40. The Morgan fingerprint density at radius 1 is 1.18 bits per heavy atom. The van der Waals surface area contributed by atoms with Gasteiger partial charge in [0.15, 0.2) is 11.6 Å². The molecule has 2 aliphatic rings. The van der Waals surface area contributed by atoms with Gasteiger partial charge in [-0.25, -0.2) is 23.6 Å². The molecule has 9 heteroatoms. The summed E-state index contributed by atoms with van der Waals surface area (Å²) in [6.45, 7) is 12.4. The second-order valence-corrected chi connectivity index (χ2v) is 8.09. The fourth-order valence-electron chi connectivity index (χ4n) is 4.11. The van der Waals surface area contributed by atoms with E-state index in [0.717, 1.165) is 30.4 Å². The van der Waals surface area contributed by atoms with Gasteiger partial charge >= 0.3 is 0 Å². The Morgan fingerprint density at radius 3 is 2.79 bits per heavy atom. The number of halogens is 2. The van der Waals surface area contributed by atoms with Crippen molar-refractivity contribution in [1.82, 2.24) is 9.97 Å². The van der Waals surface area contributed by atoms with E-state index in [4.69, 9.17) is 16.0 Å². The maximum absolute atomic E-state index is 15.0. The first-order valence-corrected chi connectivity index (χ1v) is 10.8. The molecular weight excluding hydrogens is 440 g/mol. The summed E-state index contributed by atoms with van der Waals surface area (Å²) in [5.74, 6) is -1.52. The van der Waals surface area contributed by atoms with Crippen molar-refractivity contribution in [3.8, 4) is 11.6 Å². The molecule has 1 fully saturated rings. The van der Waals surface area contributed by atoms with Crippen molar-refractivity contribution in [2.45, 2.75) is 13.3 Å². The van der Waals surface area contributed by atoms with Crippen LogP contribution in [0.15, 0.2) is 42.2 Å². The monoisotopic (exact) mass is 461 g/mol. The topological polar surface area (TPSA) is 63.9 Å². The Hall–Kier alpha value is -4.03. The first-order valence-electron chi connectivity index (χ1n) is 10.8.